The summed E-state index contributed by atoms with van der Waals surface area (Å²) < 4.78 is 1.76. The molecular weight excluding hydrogens is 218 g/mol. The fourth-order valence-corrected chi connectivity index (χ4v) is 1.58. The van der Waals surface area contributed by atoms with Crippen LogP contribution in [0.4, 0.5) is 0 Å². The van der Waals surface area contributed by atoms with Crippen molar-refractivity contribution < 1.29 is 9.90 Å². The lowest BCUT2D eigenvalue weighted by molar-refractivity contribution is -0.132. The topological polar surface area (TPSA) is 58.4 Å². The molecule has 0 fully saturated rings. The maximum Gasteiger partial charge on any atom is 0.331 e. The highest BCUT2D eigenvalue weighted by atomic mass is 16.4. The molecule has 1 rings (SSSR count). The van der Waals surface area contributed by atoms with Gasteiger partial charge in [0.15, 0.2) is 0 Å². The molecule has 1 heterocycles. The van der Waals surface area contributed by atoms with Crippen LogP contribution in [0.25, 0.3) is 0 Å². The molecule has 94 valence electrons. The molecule has 5 nitrogen and oxygen atoms in total. The molecule has 0 aliphatic rings. The Bertz CT molecular complexity index is 410. The van der Waals surface area contributed by atoms with E-state index in [4.69, 9.17) is 5.11 Å². The zero-order valence-electron chi connectivity index (χ0n) is 10.6. The molecule has 0 unspecified atom stereocenters. The molecule has 0 bridgehead atoms. The van der Waals surface area contributed by atoms with Crippen LogP contribution in [0.5, 0.6) is 0 Å². The van der Waals surface area contributed by atoms with Gasteiger partial charge in [-0.2, -0.15) is 5.10 Å². The van der Waals surface area contributed by atoms with E-state index in [9.17, 15) is 4.79 Å². The molecule has 1 aromatic rings. The summed E-state index contributed by atoms with van der Waals surface area (Å²) in [5.41, 5.74) is 1.58. The lowest BCUT2D eigenvalue weighted by Gasteiger charge is -2.13. The van der Waals surface area contributed by atoms with Crippen LogP contribution in [0, 0.1) is 0 Å². The number of aromatic nitrogens is 2. The second kappa shape index (κ2) is 6.20. The number of carboxylic acids is 1. The summed E-state index contributed by atoms with van der Waals surface area (Å²) >= 11 is 0. The van der Waals surface area contributed by atoms with Crippen LogP contribution in [0.1, 0.15) is 18.9 Å². The van der Waals surface area contributed by atoms with Crippen LogP contribution in [0.2, 0.25) is 0 Å². The largest absolute Gasteiger partial charge is 0.478 e. The molecule has 0 saturated carbocycles. The van der Waals surface area contributed by atoms with E-state index >= 15 is 0 Å². The highest BCUT2D eigenvalue weighted by Crippen LogP contribution is 2.04. The number of carboxylic acid groups (broad SMARTS) is 1. The maximum atomic E-state index is 10.8. The van der Waals surface area contributed by atoms with Crippen LogP contribution in [-0.4, -0.2) is 39.3 Å². The van der Waals surface area contributed by atoms with Gasteiger partial charge < -0.3 is 5.11 Å². The minimum Gasteiger partial charge on any atom is -0.478 e. The van der Waals surface area contributed by atoms with Crippen molar-refractivity contribution in [1.29, 1.82) is 0 Å². The van der Waals surface area contributed by atoms with Crippen molar-refractivity contribution in [3.8, 4) is 0 Å². The summed E-state index contributed by atoms with van der Waals surface area (Å²) in [4.78, 5) is 12.9. The Balaban J connectivity index is 2.49. The van der Waals surface area contributed by atoms with Gasteiger partial charge >= 0.3 is 5.97 Å². The summed E-state index contributed by atoms with van der Waals surface area (Å²) in [6.45, 7) is 3.24. The predicted molar refractivity (Wildman–Crippen MR) is 65.6 cm³/mol. The molecule has 0 amide bonds. The number of hydrogen-bond donors (Lipinski definition) is 1. The second-order valence-corrected chi connectivity index (χ2v) is 4.11. The number of carbonyl (C=O) groups is 1. The quantitative estimate of drug-likeness (QED) is 0.757. The van der Waals surface area contributed by atoms with Crippen LogP contribution in [0.3, 0.4) is 0 Å². The van der Waals surface area contributed by atoms with E-state index in [0.29, 0.717) is 18.5 Å². The molecule has 0 aromatic carbocycles. The van der Waals surface area contributed by atoms with Crippen LogP contribution < -0.4 is 0 Å². The van der Waals surface area contributed by atoms with E-state index in [-0.39, 0.29) is 0 Å². The number of likely N-dealkylation sites (N-methyl/N-ethyl adjacent to an activating group) is 1. The molecule has 0 aliphatic carbocycles. The zero-order valence-corrected chi connectivity index (χ0v) is 10.6. The fraction of sp³-hybridized carbons (Fsp3) is 0.500. The SMILES string of the molecule is CCC(=CCN(C)Cc1cnn(C)c1)C(=O)O. The van der Waals surface area contributed by atoms with Gasteiger partial charge in [0.05, 0.1) is 6.20 Å². The summed E-state index contributed by atoms with van der Waals surface area (Å²) in [6, 6.07) is 0. The van der Waals surface area contributed by atoms with Gasteiger partial charge in [-0.1, -0.05) is 13.0 Å². The smallest absolute Gasteiger partial charge is 0.331 e. The first-order valence-electron chi connectivity index (χ1n) is 5.61. The number of nitrogens with zero attached hydrogens (tertiary/aromatic N) is 3. The van der Waals surface area contributed by atoms with E-state index in [1.54, 1.807) is 10.8 Å². The van der Waals surface area contributed by atoms with E-state index in [1.165, 1.54) is 0 Å². The van der Waals surface area contributed by atoms with Crippen molar-refractivity contribution in [3.63, 3.8) is 0 Å². The van der Waals surface area contributed by atoms with Gasteiger partial charge in [0.2, 0.25) is 0 Å². The van der Waals surface area contributed by atoms with Crippen LogP contribution in [-0.2, 0) is 18.4 Å². The van der Waals surface area contributed by atoms with E-state index in [2.05, 4.69) is 10.00 Å². The molecule has 1 N–H and O–H groups in total. The summed E-state index contributed by atoms with van der Waals surface area (Å²) in [7, 11) is 3.83. The molecule has 0 saturated heterocycles. The van der Waals surface area contributed by atoms with Gasteiger partial charge in [0.1, 0.15) is 0 Å². The molecule has 0 aliphatic heterocycles. The third kappa shape index (κ3) is 4.40. The Morgan fingerprint density at radius 2 is 2.35 bits per heavy atom. The Morgan fingerprint density at radius 1 is 1.65 bits per heavy atom. The van der Waals surface area contributed by atoms with Gasteiger partial charge in [0.25, 0.3) is 0 Å². The fourth-order valence-electron chi connectivity index (χ4n) is 1.58. The number of hydrogen-bond acceptors (Lipinski definition) is 3. The van der Waals surface area contributed by atoms with Gasteiger partial charge in [-0.3, -0.25) is 9.58 Å². The first kappa shape index (κ1) is 13.4. The molecule has 1 aromatic heterocycles. The minimum absolute atomic E-state index is 0.461. The van der Waals surface area contributed by atoms with E-state index in [0.717, 1.165) is 12.1 Å². The van der Waals surface area contributed by atoms with Crippen LogP contribution in [0.15, 0.2) is 24.0 Å². The van der Waals surface area contributed by atoms with Crippen molar-refractivity contribution in [1.82, 2.24) is 14.7 Å². The van der Waals surface area contributed by atoms with E-state index in [1.807, 2.05) is 33.4 Å². The molecule has 0 radical (unpaired) electrons. The summed E-state index contributed by atoms with van der Waals surface area (Å²) in [6.07, 6.45) is 6.09. The Morgan fingerprint density at radius 3 is 2.82 bits per heavy atom. The number of aryl methyl sites for hydroxylation is 1. The average molecular weight is 237 g/mol. The van der Waals surface area contributed by atoms with Crippen molar-refractivity contribution >= 4 is 5.97 Å². The highest BCUT2D eigenvalue weighted by Gasteiger charge is 2.05. The standard InChI is InChI=1S/C12H19N3O2/c1-4-11(12(16)17)5-6-14(2)8-10-7-13-15(3)9-10/h5,7,9H,4,6,8H2,1-3H3,(H,16,17). The van der Waals surface area contributed by atoms with Gasteiger partial charge in [-0.15, -0.1) is 0 Å². The molecular formula is C12H19N3O2. The summed E-state index contributed by atoms with van der Waals surface area (Å²) in [5, 5.41) is 13.0. The monoisotopic (exact) mass is 237 g/mol. The van der Waals surface area contributed by atoms with Crippen LogP contribution >= 0.6 is 0 Å². The molecule has 0 atom stereocenters. The Hall–Kier alpha value is -1.62. The van der Waals surface area contributed by atoms with Gasteiger partial charge in [-0.25, -0.2) is 4.79 Å². The van der Waals surface area contributed by atoms with Crippen molar-refractivity contribution in [2.75, 3.05) is 13.6 Å². The normalized spacial score (nSPS) is 12.1. The second-order valence-electron chi connectivity index (χ2n) is 4.11. The Labute approximate surface area is 101 Å². The minimum atomic E-state index is -0.831. The molecule has 17 heavy (non-hydrogen) atoms. The lowest BCUT2D eigenvalue weighted by Crippen LogP contribution is -2.18. The Kier molecular flexibility index (Phi) is 4.90. The first-order chi connectivity index (χ1) is 8.02. The first-order valence-corrected chi connectivity index (χ1v) is 5.61. The highest BCUT2D eigenvalue weighted by molar-refractivity contribution is 5.86. The zero-order chi connectivity index (χ0) is 12.8. The van der Waals surface area contributed by atoms with Crippen molar-refractivity contribution in [3.05, 3.63) is 29.6 Å². The average Bonchev–Trinajstić information content (AvgIpc) is 2.64. The number of aliphatic carboxylic acids is 1. The summed E-state index contributed by atoms with van der Waals surface area (Å²) in [5.74, 6) is -0.831. The van der Waals surface area contributed by atoms with Crippen molar-refractivity contribution in [2.24, 2.45) is 7.05 Å². The van der Waals surface area contributed by atoms with Crippen molar-refractivity contribution in [2.45, 2.75) is 19.9 Å². The van der Waals surface area contributed by atoms with E-state index < -0.39 is 5.97 Å². The van der Waals surface area contributed by atoms with Gasteiger partial charge in [0, 0.05) is 37.5 Å². The third-order valence-electron chi connectivity index (χ3n) is 2.52. The molecule has 5 heteroatoms. The maximum absolute atomic E-state index is 10.8. The number of rotatable bonds is 6. The third-order valence-corrected chi connectivity index (χ3v) is 2.52. The lowest BCUT2D eigenvalue weighted by atomic mass is 10.2. The van der Waals surface area contributed by atoms with Gasteiger partial charge in [-0.05, 0) is 13.5 Å². The predicted octanol–water partition coefficient (Wildman–Crippen LogP) is 1.27. The molecule has 0 spiro atoms.